The summed E-state index contributed by atoms with van der Waals surface area (Å²) < 4.78 is 54.5. The third-order valence-electron chi connectivity index (χ3n) is 5.62. The molecule has 2 aromatic carbocycles. The van der Waals surface area contributed by atoms with Crippen molar-refractivity contribution in [3.05, 3.63) is 78.1 Å². The molecule has 1 fully saturated rings. The van der Waals surface area contributed by atoms with Crippen LogP contribution < -0.4 is 10.0 Å². The Kier molecular flexibility index (Phi) is 7.41. The third kappa shape index (κ3) is 5.99. The van der Waals surface area contributed by atoms with Crippen molar-refractivity contribution in [3.63, 3.8) is 0 Å². The standard InChI is InChI=1S/C23H23ClN4O5S2/c24-18-3-7-22(8-4-18)35(32,33)28-14-11-17(12-15-28)23(29)26-19-5-9-21(10-6-19)34(30,31)27-20-2-1-13-25-16-20/h1-10,13,16-17,27H,11-12,14-15H2,(H,26,29). The van der Waals surface area contributed by atoms with Crippen molar-refractivity contribution in [2.75, 3.05) is 23.1 Å². The molecule has 9 nitrogen and oxygen atoms in total. The number of pyridine rings is 1. The predicted molar refractivity (Wildman–Crippen MR) is 133 cm³/mol. The summed E-state index contributed by atoms with van der Waals surface area (Å²) in [4.78, 5) is 16.8. The molecule has 2 N–H and O–H groups in total. The zero-order valence-corrected chi connectivity index (χ0v) is 20.9. The summed E-state index contributed by atoms with van der Waals surface area (Å²) in [5.74, 6) is -0.597. The summed E-state index contributed by atoms with van der Waals surface area (Å²) in [5, 5.41) is 3.24. The van der Waals surface area contributed by atoms with Crippen molar-refractivity contribution >= 4 is 48.9 Å². The molecule has 184 valence electrons. The molecule has 0 spiro atoms. The van der Waals surface area contributed by atoms with Crippen LogP contribution in [0.15, 0.2) is 82.8 Å². The Balaban J connectivity index is 1.34. The molecule has 0 aliphatic carbocycles. The lowest BCUT2D eigenvalue weighted by atomic mass is 9.97. The fraction of sp³-hybridized carbons (Fsp3) is 0.217. The minimum Gasteiger partial charge on any atom is -0.326 e. The first-order valence-corrected chi connectivity index (χ1v) is 14.0. The second-order valence-corrected chi connectivity index (χ2v) is 12.0. The summed E-state index contributed by atoms with van der Waals surface area (Å²) in [7, 11) is -7.45. The molecule has 0 bridgehead atoms. The highest BCUT2D eigenvalue weighted by Crippen LogP contribution is 2.26. The molecule has 3 aromatic rings. The van der Waals surface area contributed by atoms with Gasteiger partial charge in [-0.15, -0.1) is 0 Å². The fourth-order valence-corrected chi connectivity index (χ4v) is 6.35. The minimum atomic E-state index is -3.80. The van der Waals surface area contributed by atoms with E-state index in [0.717, 1.165) is 0 Å². The van der Waals surface area contributed by atoms with Gasteiger partial charge in [0.25, 0.3) is 10.0 Å². The summed E-state index contributed by atoms with van der Waals surface area (Å²) in [6.45, 7) is 0.445. The molecule has 4 rings (SSSR count). The maximum atomic E-state index is 12.8. The molecule has 1 amide bonds. The van der Waals surface area contributed by atoms with Gasteiger partial charge in [0, 0.05) is 35.9 Å². The molecule has 12 heteroatoms. The molecule has 2 heterocycles. The number of aromatic nitrogens is 1. The van der Waals surface area contributed by atoms with Crippen LogP contribution in [0.3, 0.4) is 0 Å². The Morgan fingerprint density at radius 2 is 1.51 bits per heavy atom. The number of nitrogens with one attached hydrogen (secondary N) is 2. The van der Waals surface area contributed by atoms with Crippen LogP contribution in [0.25, 0.3) is 0 Å². The van der Waals surface area contributed by atoms with Crippen LogP contribution in [0.4, 0.5) is 11.4 Å². The van der Waals surface area contributed by atoms with E-state index < -0.39 is 20.0 Å². The maximum absolute atomic E-state index is 12.8. The normalized spacial score (nSPS) is 15.5. The van der Waals surface area contributed by atoms with Gasteiger partial charge in [-0.2, -0.15) is 4.31 Å². The number of carbonyl (C=O) groups is 1. The maximum Gasteiger partial charge on any atom is 0.261 e. The Hall–Kier alpha value is -2.99. The molecule has 1 aliphatic heterocycles. The Bertz CT molecular complexity index is 1390. The second kappa shape index (κ2) is 10.3. The van der Waals surface area contributed by atoms with Crippen LogP contribution in [0, 0.1) is 5.92 Å². The summed E-state index contributed by atoms with van der Waals surface area (Å²) >= 11 is 5.84. The van der Waals surface area contributed by atoms with E-state index in [4.69, 9.17) is 11.6 Å². The van der Waals surface area contributed by atoms with Gasteiger partial charge >= 0.3 is 0 Å². The van der Waals surface area contributed by atoms with Crippen molar-refractivity contribution in [2.45, 2.75) is 22.6 Å². The van der Waals surface area contributed by atoms with Gasteiger partial charge in [0.1, 0.15) is 0 Å². The van der Waals surface area contributed by atoms with Crippen molar-refractivity contribution in [2.24, 2.45) is 5.92 Å². The van der Waals surface area contributed by atoms with E-state index in [1.807, 2.05) is 0 Å². The van der Waals surface area contributed by atoms with Crippen molar-refractivity contribution in [3.8, 4) is 0 Å². The highest BCUT2D eigenvalue weighted by atomic mass is 35.5. The number of rotatable bonds is 7. The molecule has 0 radical (unpaired) electrons. The van der Waals surface area contributed by atoms with Crippen LogP contribution in [0.1, 0.15) is 12.8 Å². The Labute approximate surface area is 209 Å². The highest BCUT2D eigenvalue weighted by molar-refractivity contribution is 7.92. The molecule has 35 heavy (non-hydrogen) atoms. The largest absolute Gasteiger partial charge is 0.326 e. The number of hydrogen-bond donors (Lipinski definition) is 2. The number of amides is 1. The second-order valence-electron chi connectivity index (χ2n) is 7.99. The van der Waals surface area contributed by atoms with Crippen LogP contribution in [0.2, 0.25) is 5.02 Å². The first-order chi connectivity index (χ1) is 16.6. The number of sulfonamides is 2. The number of anilines is 2. The molecule has 1 aliphatic rings. The van der Waals surface area contributed by atoms with Gasteiger partial charge in [0.15, 0.2) is 0 Å². The average Bonchev–Trinajstić information content (AvgIpc) is 2.85. The lowest BCUT2D eigenvalue weighted by molar-refractivity contribution is -0.120. The molecular weight excluding hydrogens is 512 g/mol. The van der Waals surface area contributed by atoms with E-state index in [1.165, 1.54) is 65.2 Å². The molecule has 1 aromatic heterocycles. The van der Waals surface area contributed by atoms with Crippen LogP contribution in [-0.2, 0) is 24.8 Å². The smallest absolute Gasteiger partial charge is 0.261 e. The monoisotopic (exact) mass is 534 g/mol. The fourth-order valence-electron chi connectivity index (χ4n) is 3.71. The van der Waals surface area contributed by atoms with E-state index in [1.54, 1.807) is 12.1 Å². The van der Waals surface area contributed by atoms with Gasteiger partial charge < -0.3 is 5.32 Å². The Morgan fingerprint density at radius 1 is 0.886 bits per heavy atom. The van der Waals surface area contributed by atoms with E-state index in [0.29, 0.717) is 29.2 Å². The van der Waals surface area contributed by atoms with Crippen molar-refractivity contribution < 1.29 is 21.6 Å². The molecule has 0 unspecified atom stereocenters. The minimum absolute atomic E-state index is 0.0417. The third-order valence-corrected chi connectivity index (χ3v) is 9.18. The zero-order valence-electron chi connectivity index (χ0n) is 18.5. The lowest BCUT2D eigenvalue weighted by Gasteiger charge is -2.30. The molecule has 0 saturated carbocycles. The number of hydrogen-bond acceptors (Lipinski definition) is 6. The highest BCUT2D eigenvalue weighted by Gasteiger charge is 2.32. The average molecular weight is 535 g/mol. The van der Waals surface area contributed by atoms with E-state index >= 15 is 0 Å². The van der Waals surface area contributed by atoms with Crippen LogP contribution in [-0.4, -0.2) is 45.1 Å². The first-order valence-electron chi connectivity index (χ1n) is 10.7. The van der Waals surface area contributed by atoms with Gasteiger partial charge in [-0.25, -0.2) is 16.8 Å². The predicted octanol–water partition coefficient (Wildman–Crippen LogP) is 3.58. The lowest BCUT2D eigenvalue weighted by Crippen LogP contribution is -2.41. The molecular formula is C23H23ClN4O5S2. The van der Waals surface area contributed by atoms with E-state index in [9.17, 15) is 21.6 Å². The van der Waals surface area contributed by atoms with Gasteiger partial charge in [-0.3, -0.25) is 14.5 Å². The first kappa shape index (κ1) is 25.1. The number of piperidine rings is 1. The summed E-state index contributed by atoms with van der Waals surface area (Å²) in [6, 6.07) is 15.0. The van der Waals surface area contributed by atoms with Gasteiger partial charge in [-0.05, 0) is 73.5 Å². The van der Waals surface area contributed by atoms with Crippen LogP contribution in [0.5, 0.6) is 0 Å². The van der Waals surface area contributed by atoms with E-state index in [-0.39, 0.29) is 34.7 Å². The van der Waals surface area contributed by atoms with Crippen LogP contribution >= 0.6 is 11.6 Å². The number of carbonyl (C=O) groups excluding carboxylic acids is 1. The van der Waals surface area contributed by atoms with Gasteiger partial charge in [-0.1, -0.05) is 11.6 Å². The zero-order chi connectivity index (χ0) is 25.1. The summed E-state index contributed by atoms with van der Waals surface area (Å²) in [5.41, 5.74) is 0.792. The number of benzene rings is 2. The van der Waals surface area contributed by atoms with Gasteiger partial charge in [0.2, 0.25) is 15.9 Å². The SMILES string of the molecule is O=C(Nc1ccc(S(=O)(=O)Nc2cccnc2)cc1)C1CCN(S(=O)(=O)c2ccc(Cl)cc2)CC1. The van der Waals surface area contributed by atoms with Crippen molar-refractivity contribution in [1.29, 1.82) is 0 Å². The molecule has 0 atom stereocenters. The number of halogens is 1. The Morgan fingerprint density at radius 3 is 2.11 bits per heavy atom. The van der Waals surface area contributed by atoms with Gasteiger partial charge in [0.05, 0.1) is 21.7 Å². The van der Waals surface area contributed by atoms with Crippen molar-refractivity contribution in [1.82, 2.24) is 9.29 Å². The quantitative estimate of drug-likeness (QED) is 0.477. The van der Waals surface area contributed by atoms with E-state index in [2.05, 4.69) is 15.0 Å². The molecule has 1 saturated heterocycles. The summed E-state index contributed by atoms with van der Waals surface area (Å²) in [6.07, 6.45) is 3.69. The topological polar surface area (TPSA) is 126 Å². The number of nitrogens with zero attached hydrogens (tertiary/aromatic N) is 2.